The van der Waals surface area contributed by atoms with E-state index in [-0.39, 0.29) is 0 Å². The molecule has 2 heterocycles. The van der Waals surface area contributed by atoms with E-state index in [1.54, 1.807) is 12.6 Å². The molecule has 0 saturated heterocycles. The van der Waals surface area contributed by atoms with Gasteiger partial charge < -0.3 is 0 Å². The summed E-state index contributed by atoms with van der Waals surface area (Å²) in [5.74, 6) is -0.924. The quantitative estimate of drug-likeness (QED) is 0.852. The molecule has 0 N–H and O–H groups in total. The van der Waals surface area contributed by atoms with Gasteiger partial charge in [-0.15, -0.1) is 0 Å². The van der Waals surface area contributed by atoms with Crippen molar-refractivity contribution in [1.29, 1.82) is 0 Å². The first kappa shape index (κ1) is 14.5. The number of nitrogens with zero attached hydrogens (tertiary/aromatic N) is 5. The van der Waals surface area contributed by atoms with Crippen LogP contribution in [0.4, 0.5) is 11.4 Å². The molecule has 118 valence electrons. The van der Waals surface area contributed by atoms with Crippen LogP contribution in [0.2, 0.25) is 0 Å². The zero-order valence-corrected chi connectivity index (χ0v) is 13.6. The summed E-state index contributed by atoms with van der Waals surface area (Å²) in [5, 5.41) is 0. The van der Waals surface area contributed by atoms with Gasteiger partial charge in [-0.25, -0.2) is 20.0 Å². The molecule has 1 atom stereocenters. The molecule has 0 bridgehead atoms. The van der Waals surface area contributed by atoms with Crippen molar-refractivity contribution in [3.05, 3.63) is 59.7 Å². The zero-order valence-electron chi connectivity index (χ0n) is 13.6. The third-order valence-corrected chi connectivity index (χ3v) is 4.18. The molecular weight excluding hydrogens is 298 g/mol. The van der Waals surface area contributed by atoms with Crippen molar-refractivity contribution in [2.24, 2.45) is 20.0 Å². The molecular formula is C19H17N5. The Labute approximate surface area is 140 Å². The molecule has 2 aliphatic rings. The summed E-state index contributed by atoms with van der Waals surface area (Å²) in [6.07, 6.45) is 4.81. The van der Waals surface area contributed by atoms with Crippen LogP contribution in [0.1, 0.15) is 11.1 Å². The van der Waals surface area contributed by atoms with E-state index in [1.807, 2.05) is 0 Å². The minimum Gasteiger partial charge on any atom is -0.293 e. The molecule has 2 aliphatic heterocycles. The SMILES string of the molecule is Cc1ccc(N(c2ccc(C)cc2)C23N=CN=CC2=NC=N3)cc1. The number of fused-ring (bicyclic) bond motifs is 1. The highest BCUT2D eigenvalue weighted by molar-refractivity contribution is 6.40. The predicted molar refractivity (Wildman–Crippen MR) is 100 cm³/mol. The van der Waals surface area contributed by atoms with Gasteiger partial charge >= 0.3 is 0 Å². The summed E-state index contributed by atoms with van der Waals surface area (Å²) >= 11 is 0. The summed E-state index contributed by atoms with van der Waals surface area (Å²) in [5.41, 5.74) is 5.13. The Morgan fingerprint density at radius 1 is 0.750 bits per heavy atom. The van der Waals surface area contributed by atoms with Crippen LogP contribution in [0, 0.1) is 13.8 Å². The second-order valence-electron chi connectivity index (χ2n) is 5.92. The molecule has 0 saturated carbocycles. The summed E-state index contributed by atoms with van der Waals surface area (Å²) in [4.78, 5) is 19.7. The van der Waals surface area contributed by atoms with Crippen molar-refractivity contribution in [2.75, 3.05) is 4.90 Å². The lowest BCUT2D eigenvalue weighted by atomic mass is 10.1. The van der Waals surface area contributed by atoms with Gasteiger partial charge in [-0.1, -0.05) is 35.4 Å². The van der Waals surface area contributed by atoms with Crippen LogP contribution in [0.25, 0.3) is 0 Å². The second kappa shape index (κ2) is 5.53. The monoisotopic (exact) mass is 315 g/mol. The van der Waals surface area contributed by atoms with E-state index >= 15 is 0 Å². The van der Waals surface area contributed by atoms with Crippen LogP contribution >= 0.6 is 0 Å². The van der Waals surface area contributed by atoms with Gasteiger partial charge in [0.25, 0.3) is 5.79 Å². The molecule has 0 fully saturated rings. The normalized spacial score (nSPS) is 20.8. The fraction of sp³-hybridized carbons (Fsp3) is 0.158. The number of aliphatic imine (C=N–C) groups is 4. The predicted octanol–water partition coefficient (Wildman–Crippen LogP) is 3.69. The van der Waals surface area contributed by atoms with Gasteiger partial charge in [-0.05, 0) is 38.1 Å². The lowest BCUT2D eigenvalue weighted by Gasteiger charge is -2.38. The summed E-state index contributed by atoms with van der Waals surface area (Å²) < 4.78 is 0. The van der Waals surface area contributed by atoms with E-state index < -0.39 is 5.79 Å². The van der Waals surface area contributed by atoms with Crippen molar-refractivity contribution in [3.63, 3.8) is 0 Å². The molecule has 5 nitrogen and oxygen atoms in total. The van der Waals surface area contributed by atoms with E-state index in [2.05, 4.69) is 87.2 Å². The summed E-state index contributed by atoms with van der Waals surface area (Å²) in [6.45, 7) is 4.15. The highest BCUT2D eigenvalue weighted by Crippen LogP contribution is 2.38. The average Bonchev–Trinajstić information content (AvgIpc) is 3.03. The van der Waals surface area contributed by atoms with Gasteiger partial charge in [0.2, 0.25) is 0 Å². The number of rotatable bonds is 3. The number of benzene rings is 2. The van der Waals surface area contributed by atoms with Crippen molar-refractivity contribution in [1.82, 2.24) is 0 Å². The molecule has 24 heavy (non-hydrogen) atoms. The van der Waals surface area contributed by atoms with Gasteiger partial charge in [0, 0.05) is 11.4 Å². The Kier molecular flexibility index (Phi) is 3.34. The van der Waals surface area contributed by atoms with Crippen LogP contribution in [0.5, 0.6) is 0 Å². The van der Waals surface area contributed by atoms with Crippen LogP contribution in [0.3, 0.4) is 0 Å². The number of hydrogen-bond donors (Lipinski definition) is 0. The maximum absolute atomic E-state index is 4.60. The zero-order chi connectivity index (χ0) is 16.6. The number of aryl methyl sites for hydroxylation is 2. The number of anilines is 2. The van der Waals surface area contributed by atoms with E-state index in [0.29, 0.717) is 5.71 Å². The minimum atomic E-state index is -0.924. The van der Waals surface area contributed by atoms with Crippen molar-refractivity contribution in [3.8, 4) is 0 Å². The average molecular weight is 315 g/mol. The van der Waals surface area contributed by atoms with Crippen LogP contribution in [0.15, 0.2) is 68.5 Å². The van der Waals surface area contributed by atoms with Crippen molar-refractivity contribution in [2.45, 2.75) is 19.6 Å². The third-order valence-electron chi connectivity index (χ3n) is 4.18. The standard InChI is InChI=1S/C19H17N5/c1-14-3-7-16(8-4-14)24(17-9-5-15(2)6-10-17)19-18(21-13-23-19)11-20-12-22-19/h3-13H,1-2H3. The minimum absolute atomic E-state index is 0.714. The van der Waals surface area contributed by atoms with Crippen LogP contribution < -0.4 is 4.90 Å². The highest BCUT2D eigenvalue weighted by atomic mass is 15.4. The molecule has 4 rings (SSSR count). The van der Waals surface area contributed by atoms with E-state index in [1.165, 1.54) is 17.5 Å². The highest BCUT2D eigenvalue weighted by Gasteiger charge is 2.45. The molecule has 0 radical (unpaired) electrons. The van der Waals surface area contributed by atoms with Gasteiger partial charge in [0.15, 0.2) is 0 Å². The first-order chi connectivity index (χ1) is 11.7. The first-order valence-electron chi connectivity index (χ1n) is 7.81. The Morgan fingerprint density at radius 3 is 1.88 bits per heavy atom. The number of hydrogen-bond acceptors (Lipinski definition) is 5. The largest absolute Gasteiger partial charge is 0.293 e. The van der Waals surface area contributed by atoms with Gasteiger partial charge in [-0.3, -0.25) is 4.90 Å². The first-order valence-corrected chi connectivity index (χ1v) is 7.81. The molecule has 2 aromatic carbocycles. The van der Waals surface area contributed by atoms with Crippen molar-refractivity contribution >= 4 is 36.0 Å². The molecule has 0 aliphatic carbocycles. The molecule has 5 heteroatoms. The second-order valence-corrected chi connectivity index (χ2v) is 5.92. The topological polar surface area (TPSA) is 52.7 Å². The maximum Gasteiger partial charge on any atom is 0.281 e. The third kappa shape index (κ3) is 2.25. The molecule has 0 aromatic heterocycles. The molecule has 0 amide bonds. The van der Waals surface area contributed by atoms with E-state index in [4.69, 9.17) is 0 Å². The van der Waals surface area contributed by atoms with Gasteiger partial charge in [-0.2, -0.15) is 0 Å². The van der Waals surface area contributed by atoms with Gasteiger partial charge in [0.1, 0.15) is 18.4 Å². The van der Waals surface area contributed by atoms with E-state index in [0.717, 1.165) is 11.4 Å². The molecule has 2 aromatic rings. The lowest BCUT2D eigenvalue weighted by molar-refractivity contribution is 0.626. The summed E-state index contributed by atoms with van der Waals surface area (Å²) in [6, 6.07) is 16.7. The Bertz CT molecular complexity index is 829. The Morgan fingerprint density at radius 2 is 1.29 bits per heavy atom. The van der Waals surface area contributed by atoms with Crippen LogP contribution in [-0.4, -0.2) is 30.4 Å². The Balaban J connectivity index is 1.91. The lowest BCUT2D eigenvalue weighted by Crippen LogP contribution is -2.50. The summed E-state index contributed by atoms with van der Waals surface area (Å²) in [7, 11) is 0. The fourth-order valence-corrected chi connectivity index (χ4v) is 2.89. The van der Waals surface area contributed by atoms with Crippen molar-refractivity contribution < 1.29 is 0 Å². The fourth-order valence-electron chi connectivity index (χ4n) is 2.89. The Hall–Kier alpha value is -3.08. The van der Waals surface area contributed by atoms with Crippen LogP contribution in [-0.2, 0) is 0 Å². The van der Waals surface area contributed by atoms with E-state index in [9.17, 15) is 0 Å². The van der Waals surface area contributed by atoms with Gasteiger partial charge in [0.05, 0.1) is 6.21 Å². The smallest absolute Gasteiger partial charge is 0.281 e. The molecule has 0 spiro atoms. The molecule has 1 unspecified atom stereocenters. The maximum atomic E-state index is 4.60.